The molecular formula is C12H16F2O4S. The zero-order valence-electron chi connectivity index (χ0n) is 10.7. The third-order valence-electron chi connectivity index (χ3n) is 2.57. The molecule has 0 aliphatic rings. The van der Waals surface area contributed by atoms with E-state index in [0.29, 0.717) is 0 Å². The van der Waals surface area contributed by atoms with Crippen LogP contribution in [0.5, 0.6) is 5.75 Å². The Morgan fingerprint density at radius 1 is 1.26 bits per heavy atom. The summed E-state index contributed by atoms with van der Waals surface area (Å²) < 4.78 is 54.7. The summed E-state index contributed by atoms with van der Waals surface area (Å²) in [7, 11) is -3.32. The molecule has 1 N–H and O–H groups in total. The molecule has 7 heteroatoms. The van der Waals surface area contributed by atoms with E-state index in [1.807, 2.05) is 0 Å². The highest BCUT2D eigenvalue weighted by Crippen LogP contribution is 2.23. The van der Waals surface area contributed by atoms with Crippen molar-refractivity contribution in [3.8, 4) is 5.75 Å². The van der Waals surface area contributed by atoms with Crippen molar-refractivity contribution in [1.82, 2.24) is 0 Å². The Labute approximate surface area is 110 Å². The van der Waals surface area contributed by atoms with Gasteiger partial charge in [0.2, 0.25) is 0 Å². The van der Waals surface area contributed by atoms with E-state index < -0.39 is 39.1 Å². The molecule has 0 spiro atoms. The third kappa shape index (κ3) is 4.14. The summed E-state index contributed by atoms with van der Waals surface area (Å²) in [4.78, 5) is 0. The largest absolute Gasteiger partial charge is 0.487 e. The second kappa shape index (κ2) is 6.29. The maximum absolute atomic E-state index is 13.5. The summed E-state index contributed by atoms with van der Waals surface area (Å²) in [5.41, 5.74) is 0.0807. The quantitative estimate of drug-likeness (QED) is 0.866. The van der Waals surface area contributed by atoms with Crippen LogP contribution in [-0.4, -0.2) is 31.1 Å². The fourth-order valence-corrected chi connectivity index (χ4v) is 2.12. The summed E-state index contributed by atoms with van der Waals surface area (Å²) in [5, 5.41) is 8.20. The SMILES string of the molecule is CC(C)S(=O)(=O)CCOc1c(F)cc(CO)cc1F. The Hall–Kier alpha value is -1.21. The van der Waals surface area contributed by atoms with E-state index in [2.05, 4.69) is 0 Å². The number of ether oxygens (including phenoxy) is 1. The van der Waals surface area contributed by atoms with Crippen LogP contribution in [0.4, 0.5) is 8.78 Å². The molecule has 1 rings (SSSR count). The topological polar surface area (TPSA) is 63.6 Å². The second-order valence-electron chi connectivity index (χ2n) is 4.31. The Kier molecular flexibility index (Phi) is 5.25. The minimum absolute atomic E-state index is 0.0807. The van der Waals surface area contributed by atoms with Gasteiger partial charge in [-0.25, -0.2) is 17.2 Å². The number of aliphatic hydroxyl groups excluding tert-OH is 1. The Balaban J connectivity index is 2.74. The van der Waals surface area contributed by atoms with Gasteiger partial charge in [0, 0.05) is 0 Å². The summed E-state index contributed by atoms with van der Waals surface area (Å²) in [5.74, 6) is -2.88. The van der Waals surface area contributed by atoms with E-state index in [1.165, 1.54) is 13.8 Å². The number of rotatable bonds is 6. The standard InChI is InChI=1S/C12H16F2O4S/c1-8(2)19(16,17)4-3-18-12-10(13)5-9(7-15)6-11(12)14/h5-6,8,15H,3-4,7H2,1-2H3. The minimum Gasteiger partial charge on any atom is -0.487 e. The van der Waals surface area contributed by atoms with Crippen molar-refractivity contribution >= 4 is 9.84 Å². The smallest absolute Gasteiger partial charge is 0.190 e. The van der Waals surface area contributed by atoms with Gasteiger partial charge in [0.1, 0.15) is 6.61 Å². The number of hydrogen-bond acceptors (Lipinski definition) is 4. The molecule has 0 aromatic heterocycles. The molecule has 0 saturated carbocycles. The number of aliphatic hydroxyl groups is 1. The fraction of sp³-hybridized carbons (Fsp3) is 0.500. The van der Waals surface area contributed by atoms with Gasteiger partial charge in [0.15, 0.2) is 27.2 Å². The van der Waals surface area contributed by atoms with Crippen molar-refractivity contribution in [2.45, 2.75) is 25.7 Å². The second-order valence-corrected chi connectivity index (χ2v) is 6.99. The molecule has 0 heterocycles. The van der Waals surface area contributed by atoms with Gasteiger partial charge >= 0.3 is 0 Å². The lowest BCUT2D eigenvalue weighted by molar-refractivity contribution is 0.276. The highest BCUT2D eigenvalue weighted by molar-refractivity contribution is 7.91. The van der Waals surface area contributed by atoms with Crippen LogP contribution in [0.3, 0.4) is 0 Å². The van der Waals surface area contributed by atoms with Crippen molar-refractivity contribution < 1.29 is 27.0 Å². The van der Waals surface area contributed by atoms with Gasteiger partial charge in [-0.1, -0.05) is 0 Å². The number of benzene rings is 1. The molecule has 4 nitrogen and oxygen atoms in total. The molecule has 19 heavy (non-hydrogen) atoms. The highest BCUT2D eigenvalue weighted by atomic mass is 32.2. The van der Waals surface area contributed by atoms with Crippen LogP contribution < -0.4 is 4.74 Å². The van der Waals surface area contributed by atoms with E-state index in [-0.39, 0.29) is 17.9 Å². The van der Waals surface area contributed by atoms with E-state index in [0.717, 1.165) is 12.1 Å². The van der Waals surface area contributed by atoms with Crippen molar-refractivity contribution in [2.75, 3.05) is 12.4 Å². The van der Waals surface area contributed by atoms with Crippen LogP contribution in [-0.2, 0) is 16.4 Å². The molecule has 0 radical (unpaired) electrons. The van der Waals surface area contributed by atoms with Crippen molar-refractivity contribution in [1.29, 1.82) is 0 Å². The maximum atomic E-state index is 13.5. The average molecular weight is 294 g/mol. The highest BCUT2D eigenvalue weighted by Gasteiger charge is 2.18. The number of halogens is 2. The molecule has 0 aliphatic heterocycles. The van der Waals surface area contributed by atoms with Gasteiger partial charge in [-0.3, -0.25) is 0 Å². The molecule has 0 fully saturated rings. The first kappa shape index (κ1) is 15.8. The lowest BCUT2D eigenvalue weighted by Gasteiger charge is -2.11. The minimum atomic E-state index is -3.32. The molecule has 1 aromatic carbocycles. The number of hydrogen-bond donors (Lipinski definition) is 1. The average Bonchev–Trinajstić information content (AvgIpc) is 2.32. The molecule has 1 aromatic rings. The zero-order chi connectivity index (χ0) is 14.6. The van der Waals surface area contributed by atoms with Gasteiger partial charge in [0.25, 0.3) is 0 Å². The summed E-state index contributed by atoms with van der Waals surface area (Å²) in [6.07, 6.45) is 0. The van der Waals surface area contributed by atoms with Crippen LogP contribution in [0.1, 0.15) is 19.4 Å². The molecule has 0 saturated heterocycles. The molecule has 0 unspecified atom stereocenters. The third-order valence-corrected chi connectivity index (χ3v) is 4.75. The lowest BCUT2D eigenvalue weighted by atomic mass is 10.2. The monoisotopic (exact) mass is 294 g/mol. The first-order chi connectivity index (χ1) is 8.77. The first-order valence-corrected chi connectivity index (χ1v) is 7.42. The molecule has 108 valence electrons. The Morgan fingerprint density at radius 3 is 2.21 bits per heavy atom. The number of sulfone groups is 1. The Morgan fingerprint density at radius 2 is 1.79 bits per heavy atom. The molecule has 0 aliphatic carbocycles. The summed E-state index contributed by atoms with van der Waals surface area (Å²) >= 11 is 0. The lowest BCUT2D eigenvalue weighted by Crippen LogP contribution is -2.22. The van der Waals surface area contributed by atoms with Gasteiger partial charge in [-0.15, -0.1) is 0 Å². The zero-order valence-corrected chi connectivity index (χ0v) is 11.5. The fourth-order valence-electron chi connectivity index (χ4n) is 1.34. The van der Waals surface area contributed by atoms with Crippen LogP contribution in [0.15, 0.2) is 12.1 Å². The van der Waals surface area contributed by atoms with Crippen molar-refractivity contribution in [3.63, 3.8) is 0 Å². The van der Waals surface area contributed by atoms with Crippen LogP contribution in [0.2, 0.25) is 0 Å². The maximum Gasteiger partial charge on any atom is 0.190 e. The normalized spacial score (nSPS) is 11.9. The predicted molar refractivity (Wildman–Crippen MR) is 66.7 cm³/mol. The van der Waals surface area contributed by atoms with Gasteiger partial charge in [-0.05, 0) is 31.5 Å². The van der Waals surface area contributed by atoms with E-state index in [9.17, 15) is 17.2 Å². The molecule has 0 atom stereocenters. The molecule has 0 amide bonds. The molecule has 0 bridgehead atoms. The Bertz CT molecular complexity index is 518. The van der Waals surface area contributed by atoms with Crippen LogP contribution >= 0.6 is 0 Å². The first-order valence-electron chi connectivity index (χ1n) is 5.71. The van der Waals surface area contributed by atoms with Gasteiger partial charge in [-0.2, -0.15) is 0 Å². The van der Waals surface area contributed by atoms with Crippen molar-refractivity contribution in [2.24, 2.45) is 0 Å². The van der Waals surface area contributed by atoms with Gasteiger partial charge < -0.3 is 9.84 Å². The van der Waals surface area contributed by atoms with E-state index in [4.69, 9.17) is 9.84 Å². The van der Waals surface area contributed by atoms with E-state index in [1.54, 1.807) is 0 Å². The van der Waals surface area contributed by atoms with Gasteiger partial charge in [0.05, 0.1) is 17.6 Å². The summed E-state index contributed by atoms with van der Waals surface area (Å²) in [6.45, 7) is 2.22. The molecular weight excluding hydrogens is 278 g/mol. The van der Waals surface area contributed by atoms with E-state index >= 15 is 0 Å². The van der Waals surface area contributed by atoms with Crippen LogP contribution in [0, 0.1) is 11.6 Å². The van der Waals surface area contributed by atoms with Crippen molar-refractivity contribution in [3.05, 3.63) is 29.3 Å². The van der Waals surface area contributed by atoms with Crippen LogP contribution in [0.25, 0.3) is 0 Å². The predicted octanol–water partition coefficient (Wildman–Crippen LogP) is 1.66. The summed E-state index contributed by atoms with van der Waals surface area (Å²) in [6, 6.07) is 1.88.